The van der Waals surface area contributed by atoms with E-state index in [4.69, 9.17) is 0 Å². The summed E-state index contributed by atoms with van der Waals surface area (Å²) in [6, 6.07) is 6.07. The number of thiophene rings is 1. The Kier molecular flexibility index (Phi) is 5.97. The number of fused-ring (bicyclic) bond motifs is 1. The molecular weight excluding hydrogens is 330 g/mol. The highest BCUT2D eigenvalue weighted by atomic mass is 32.1. The van der Waals surface area contributed by atoms with Gasteiger partial charge in [-0.25, -0.2) is 0 Å². The number of hydrogen-bond acceptors (Lipinski definition) is 3. The minimum absolute atomic E-state index is 0.384. The molecule has 2 aromatic rings. The zero-order chi connectivity index (χ0) is 17.6. The van der Waals surface area contributed by atoms with Crippen molar-refractivity contribution in [2.75, 3.05) is 13.6 Å². The van der Waals surface area contributed by atoms with Gasteiger partial charge in [0.2, 0.25) is 0 Å². The summed E-state index contributed by atoms with van der Waals surface area (Å²) in [6.07, 6.45) is 4.62. The van der Waals surface area contributed by atoms with Gasteiger partial charge in [0.1, 0.15) is 5.75 Å². The predicted octanol–water partition coefficient (Wildman–Crippen LogP) is 3.80. The molecule has 134 valence electrons. The van der Waals surface area contributed by atoms with Crippen molar-refractivity contribution in [2.45, 2.75) is 45.1 Å². The molecule has 4 nitrogen and oxygen atoms in total. The first-order chi connectivity index (χ1) is 12.2. The van der Waals surface area contributed by atoms with Gasteiger partial charge in [-0.2, -0.15) is 11.3 Å². The van der Waals surface area contributed by atoms with Crippen LogP contribution in [-0.4, -0.2) is 24.7 Å². The van der Waals surface area contributed by atoms with Crippen LogP contribution in [0, 0.1) is 0 Å². The number of phenols is 1. The van der Waals surface area contributed by atoms with Crippen LogP contribution in [0.15, 0.2) is 34.0 Å². The molecule has 1 atom stereocenters. The Bertz CT molecular complexity index is 725. The van der Waals surface area contributed by atoms with Gasteiger partial charge in [0.15, 0.2) is 5.96 Å². The summed E-state index contributed by atoms with van der Waals surface area (Å²) >= 11 is 1.73. The number of aromatic hydroxyl groups is 1. The molecule has 0 saturated heterocycles. The molecule has 25 heavy (non-hydrogen) atoms. The Balaban J connectivity index is 1.60. The molecule has 0 saturated carbocycles. The third kappa shape index (κ3) is 4.34. The van der Waals surface area contributed by atoms with Crippen molar-refractivity contribution in [1.29, 1.82) is 0 Å². The van der Waals surface area contributed by atoms with Gasteiger partial charge < -0.3 is 15.7 Å². The lowest BCUT2D eigenvalue weighted by Gasteiger charge is -2.21. The lowest BCUT2D eigenvalue weighted by atomic mass is 9.88. The van der Waals surface area contributed by atoms with Gasteiger partial charge in [0.25, 0.3) is 0 Å². The fourth-order valence-corrected chi connectivity index (χ4v) is 4.19. The lowest BCUT2D eigenvalue weighted by molar-refractivity contribution is 0.464. The van der Waals surface area contributed by atoms with Crippen LogP contribution in [-0.2, 0) is 19.4 Å². The predicted molar refractivity (Wildman–Crippen MR) is 106 cm³/mol. The summed E-state index contributed by atoms with van der Waals surface area (Å²) in [4.78, 5) is 4.31. The monoisotopic (exact) mass is 357 g/mol. The van der Waals surface area contributed by atoms with Crippen LogP contribution in [0.5, 0.6) is 5.75 Å². The summed E-state index contributed by atoms with van der Waals surface area (Å²) in [5, 5.41) is 21.3. The Morgan fingerprint density at radius 2 is 2.08 bits per heavy atom. The number of aryl methyl sites for hydroxylation is 1. The molecule has 0 spiro atoms. The molecule has 0 fully saturated rings. The van der Waals surface area contributed by atoms with E-state index in [1.807, 2.05) is 6.07 Å². The van der Waals surface area contributed by atoms with Crippen LogP contribution < -0.4 is 10.6 Å². The van der Waals surface area contributed by atoms with E-state index in [9.17, 15) is 5.11 Å². The molecule has 1 aliphatic carbocycles. The molecule has 0 radical (unpaired) electrons. The fourth-order valence-electron chi connectivity index (χ4n) is 3.41. The summed E-state index contributed by atoms with van der Waals surface area (Å²) < 4.78 is 0. The fraction of sp³-hybridized carbons (Fsp3) is 0.450. The van der Waals surface area contributed by atoms with Crippen LogP contribution in [0.25, 0.3) is 0 Å². The van der Waals surface area contributed by atoms with Crippen LogP contribution in [0.3, 0.4) is 0 Å². The van der Waals surface area contributed by atoms with E-state index >= 15 is 0 Å². The van der Waals surface area contributed by atoms with Crippen molar-refractivity contribution in [1.82, 2.24) is 10.6 Å². The summed E-state index contributed by atoms with van der Waals surface area (Å²) in [7, 11) is 1.78. The van der Waals surface area contributed by atoms with Crippen molar-refractivity contribution in [3.63, 3.8) is 0 Å². The van der Waals surface area contributed by atoms with Gasteiger partial charge in [0, 0.05) is 25.7 Å². The number of benzene rings is 1. The molecule has 1 aliphatic rings. The molecule has 5 heteroatoms. The molecule has 1 aromatic heterocycles. The maximum atomic E-state index is 10.3. The summed E-state index contributed by atoms with van der Waals surface area (Å²) in [5.74, 6) is 1.59. The van der Waals surface area contributed by atoms with Crippen molar-refractivity contribution >= 4 is 17.3 Å². The maximum absolute atomic E-state index is 10.3. The highest BCUT2D eigenvalue weighted by molar-refractivity contribution is 7.07. The third-order valence-corrected chi connectivity index (χ3v) is 5.67. The molecular formula is C20H27N3OS. The molecule has 0 aliphatic heterocycles. The van der Waals surface area contributed by atoms with E-state index < -0.39 is 0 Å². The van der Waals surface area contributed by atoms with Gasteiger partial charge in [-0.1, -0.05) is 13.0 Å². The van der Waals surface area contributed by atoms with E-state index in [0.717, 1.165) is 30.9 Å². The number of phenolic OH excluding ortho intramolecular Hbond substituents is 1. The SMILES string of the molecule is CN=C(NCc1c(O)ccc2c1CCCC2)NCC(C)c1ccsc1. The van der Waals surface area contributed by atoms with Crippen LogP contribution in [0.2, 0.25) is 0 Å². The quantitative estimate of drug-likeness (QED) is 0.563. The van der Waals surface area contributed by atoms with Crippen molar-refractivity contribution < 1.29 is 5.11 Å². The second kappa shape index (κ2) is 8.39. The number of aliphatic imine (C=N–C) groups is 1. The van der Waals surface area contributed by atoms with E-state index in [0.29, 0.717) is 18.2 Å². The number of rotatable bonds is 5. The van der Waals surface area contributed by atoms with E-state index in [1.165, 1.54) is 29.5 Å². The molecule has 3 N–H and O–H groups in total. The standard InChI is InChI=1S/C20H27N3OS/c1-14(16-9-10-25-13-16)11-22-20(21-2)23-12-18-17-6-4-3-5-15(17)7-8-19(18)24/h7-10,13-14,24H,3-6,11-12H2,1-2H3,(H2,21,22,23). The van der Waals surface area contributed by atoms with E-state index in [1.54, 1.807) is 18.4 Å². The van der Waals surface area contributed by atoms with Gasteiger partial charge in [0.05, 0.1) is 0 Å². The first-order valence-electron chi connectivity index (χ1n) is 8.98. The second-order valence-corrected chi connectivity index (χ2v) is 7.45. The Morgan fingerprint density at radius 3 is 2.84 bits per heavy atom. The Hall–Kier alpha value is -2.01. The number of nitrogens with one attached hydrogen (secondary N) is 2. The van der Waals surface area contributed by atoms with Gasteiger partial charge in [-0.3, -0.25) is 4.99 Å². The zero-order valence-electron chi connectivity index (χ0n) is 15.0. The highest BCUT2D eigenvalue weighted by Crippen LogP contribution is 2.30. The van der Waals surface area contributed by atoms with Crippen LogP contribution in [0.4, 0.5) is 0 Å². The highest BCUT2D eigenvalue weighted by Gasteiger charge is 2.16. The second-order valence-electron chi connectivity index (χ2n) is 6.67. The minimum Gasteiger partial charge on any atom is -0.508 e. The van der Waals surface area contributed by atoms with Crippen molar-refractivity contribution in [3.05, 3.63) is 51.2 Å². The van der Waals surface area contributed by atoms with Crippen LogP contribution >= 0.6 is 11.3 Å². The molecule has 0 amide bonds. The molecule has 1 aromatic carbocycles. The average molecular weight is 358 g/mol. The maximum Gasteiger partial charge on any atom is 0.191 e. The molecule has 0 bridgehead atoms. The Morgan fingerprint density at radius 1 is 1.24 bits per heavy atom. The number of nitrogens with zero attached hydrogens (tertiary/aromatic N) is 1. The first kappa shape index (κ1) is 17.8. The largest absolute Gasteiger partial charge is 0.508 e. The topological polar surface area (TPSA) is 56.7 Å². The van der Waals surface area contributed by atoms with Gasteiger partial charge in [-0.05, 0) is 71.2 Å². The smallest absolute Gasteiger partial charge is 0.191 e. The first-order valence-corrected chi connectivity index (χ1v) is 9.92. The molecule has 1 heterocycles. The summed E-state index contributed by atoms with van der Waals surface area (Å²) in [6.45, 7) is 3.64. The van der Waals surface area contributed by atoms with Gasteiger partial charge >= 0.3 is 0 Å². The van der Waals surface area contributed by atoms with E-state index in [-0.39, 0.29) is 0 Å². The zero-order valence-corrected chi connectivity index (χ0v) is 15.8. The molecule has 1 unspecified atom stereocenters. The Labute approximate surface area is 154 Å². The number of guanidine groups is 1. The van der Waals surface area contributed by atoms with Crippen LogP contribution in [0.1, 0.15) is 47.9 Å². The average Bonchev–Trinajstić information content (AvgIpc) is 3.18. The van der Waals surface area contributed by atoms with E-state index in [2.05, 4.69) is 45.4 Å². The summed E-state index contributed by atoms with van der Waals surface area (Å²) in [5.41, 5.74) is 5.07. The molecule has 3 rings (SSSR count). The third-order valence-electron chi connectivity index (χ3n) is 4.97. The normalized spacial score (nSPS) is 15.5. The number of hydrogen-bond donors (Lipinski definition) is 3. The minimum atomic E-state index is 0.384. The van der Waals surface area contributed by atoms with Crippen molar-refractivity contribution in [3.8, 4) is 5.75 Å². The lowest BCUT2D eigenvalue weighted by Crippen LogP contribution is -2.38. The van der Waals surface area contributed by atoms with Gasteiger partial charge in [-0.15, -0.1) is 0 Å². The van der Waals surface area contributed by atoms with Crippen molar-refractivity contribution in [2.24, 2.45) is 4.99 Å².